The molecule has 0 aliphatic carbocycles. The van der Waals surface area contributed by atoms with Gasteiger partial charge in [0.05, 0.1) is 11.3 Å². The fraction of sp³-hybridized carbons (Fsp3) is 0. The molecular formula is CH2NO5S-. The van der Waals surface area contributed by atoms with Gasteiger partial charge in [0.1, 0.15) is 0 Å². The van der Waals surface area contributed by atoms with Gasteiger partial charge < -0.3 is 9.66 Å². The Balaban J connectivity index is 3.83. The fourth-order valence-electron chi connectivity index (χ4n) is 0.0638. The van der Waals surface area contributed by atoms with Crippen molar-refractivity contribution in [3.8, 4) is 0 Å². The third kappa shape index (κ3) is 1.87. The molecular weight excluding hydrogens is 138 g/mol. The van der Waals surface area contributed by atoms with Crippen molar-refractivity contribution < 1.29 is 23.9 Å². The van der Waals surface area contributed by atoms with Crippen LogP contribution in [0.5, 0.6) is 0 Å². The van der Waals surface area contributed by atoms with Crippen LogP contribution in [0.25, 0.3) is 0 Å². The standard InChI is InChI=1S/CH3NO5S/c3-1(4)2(5)8(6)7/h5H,(H,3,4)(H,6,7)/p-1. The van der Waals surface area contributed by atoms with Crippen LogP contribution in [-0.4, -0.2) is 29.6 Å². The fourth-order valence-corrected chi connectivity index (χ4v) is 0.191. The van der Waals surface area contributed by atoms with Crippen LogP contribution in [0.15, 0.2) is 0 Å². The second kappa shape index (κ2) is 2.60. The summed E-state index contributed by atoms with van der Waals surface area (Å²) in [6.45, 7) is 0. The highest BCUT2D eigenvalue weighted by molar-refractivity contribution is 7.77. The highest BCUT2D eigenvalue weighted by Crippen LogP contribution is 1.83. The third-order valence-electron chi connectivity index (χ3n) is 0.305. The molecule has 0 bridgehead atoms. The molecule has 6 nitrogen and oxygen atoms in total. The van der Waals surface area contributed by atoms with E-state index < -0.39 is 21.8 Å². The van der Waals surface area contributed by atoms with E-state index in [1.54, 1.807) is 0 Å². The Morgan fingerprint density at radius 2 is 2.12 bits per heavy atom. The third-order valence-corrected chi connectivity index (χ3v) is 0.743. The lowest BCUT2D eigenvalue weighted by Crippen LogP contribution is -2.26. The Morgan fingerprint density at radius 3 is 2.12 bits per heavy atom. The van der Waals surface area contributed by atoms with Gasteiger partial charge in [-0.2, -0.15) is 0 Å². The molecule has 0 saturated heterocycles. The van der Waals surface area contributed by atoms with Crippen LogP contribution < -0.4 is 0 Å². The summed E-state index contributed by atoms with van der Waals surface area (Å²) >= 11 is -3.10. The average Bonchev–Trinajstić information content (AvgIpc) is 1.64. The summed E-state index contributed by atoms with van der Waals surface area (Å²) in [7, 11) is 0. The quantitative estimate of drug-likeness (QED) is 0.280. The predicted octanol–water partition coefficient (Wildman–Crippen LogP) is -0.850. The van der Waals surface area contributed by atoms with Crippen molar-refractivity contribution >= 4 is 17.4 Å². The van der Waals surface area contributed by atoms with Crippen LogP contribution >= 0.6 is 0 Å². The number of carboxylic acid groups (broad SMARTS) is 1. The summed E-state index contributed by atoms with van der Waals surface area (Å²) < 4.78 is 18.0. The summed E-state index contributed by atoms with van der Waals surface area (Å²) in [5.41, 5.74) is 0. The molecule has 1 unspecified atom stereocenters. The van der Waals surface area contributed by atoms with E-state index in [9.17, 15) is 13.6 Å². The topological polar surface area (TPSA) is 101 Å². The van der Waals surface area contributed by atoms with Gasteiger partial charge in [-0.15, -0.1) is 4.47 Å². The van der Waals surface area contributed by atoms with E-state index in [2.05, 4.69) is 0 Å². The lowest BCUT2D eigenvalue weighted by atomic mass is 11.3. The van der Waals surface area contributed by atoms with Crippen LogP contribution in [0.2, 0.25) is 0 Å². The Labute approximate surface area is 46.7 Å². The predicted molar refractivity (Wildman–Crippen MR) is 20.6 cm³/mol. The molecule has 0 aliphatic rings. The summed E-state index contributed by atoms with van der Waals surface area (Å²) in [6.07, 6.45) is -1.93. The molecule has 2 N–H and O–H groups in total. The minimum Gasteiger partial charge on any atom is -0.753 e. The lowest BCUT2D eigenvalue weighted by Gasteiger charge is -2.10. The second-order valence-corrected chi connectivity index (χ2v) is 1.55. The number of hydrogen-bond donors (Lipinski definition) is 2. The molecule has 0 aromatic rings. The molecule has 0 saturated carbocycles. The number of amides is 1. The first-order valence-electron chi connectivity index (χ1n) is 1.37. The molecule has 0 aliphatic heterocycles. The van der Waals surface area contributed by atoms with Crippen molar-refractivity contribution in [3.05, 3.63) is 0 Å². The van der Waals surface area contributed by atoms with E-state index in [0.29, 0.717) is 0 Å². The highest BCUT2D eigenvalue weighted by Gasteiger charge is 2.05. The zero-order chi connectivity index (χ0) is 6.73. The SMILES string of the molecule is O=C(O)N(O)S(=O)[O-]. The minimum atomic E-state index is -3.10. The van der Waals surface area contributed by atoms with Crippen LogP contribution in [0.3, 0.4) is 0 Å². The molecule has 0 fully saturated rings. The minimum absolute atomic E-state index is 0.833. The number of nitrogens with zero attached hydrogens (tertiary/aromatic N) is 1. The molecule has 0 radical (unpaired) electrons. The zero-order valence-corrected chi connectivity index (χ0v) is 4.29. The Kier molecular flexibility index (Phi) is 2.38. The average molecular weight is 140 g/mol. The van der Waals surface area contributed by atoms with Crippen molar-refractivity contribution in [1.82, 2.24) is 4.47 Å². The van der Waals surface area contributed by atoms with Crippen molar-refractivity contribution in [3.63, 3.8) is 0 Å². The van der Waals surface area contributed by atoms with E-state index in [1.807, 2.05) is 0 Å². The molecule has 0 aromatic carbocycles. The van der Waals surface area contributed by atoms with Crippen molar-refractivity contribution in [2.75, 3.05) is 0 Å². The molecule has 7 heteroatoms. The molecule has 1 amide bonds. The smallest absolute Gasteiger partial charge is 0.443 e. The van der Waals surface area contributed by atoms with E-state index in [4.69, 9.17) is 10.3 Å². The Hall–Kier alpha value is -0.660. The Bertz CT molecular complexity index is 108. The number of hydrogen-bond acceptors (Lipinski definition) is 4. The van der Waals surface area contributed by atoms with Crippen molar-refractivity contribution in [2.24, 2.45) is 0 Å². The molecule has 0 aromatic heterocycles. The van der Waals surface area contributed by atoms with E-state index >= 15 is 0 Å². The monoisotopic (exact) mass is 140 g/mol. The van der Waals surface area contributed by atoms with Gasteiger partial charge in [-0.25, -0.2) is 9.00 Å². The Morgan fingerprint density at radius 1 is 1.75 bits per heavy atom. The number of hydroxylamine groups is 1. The van der Waals surface area contributed by atoms with Gasteiger partial charge >= 0.3 is 6.09 Å². The van der Waals surface area contributed by atoms with E-state index in [-0.39, 0.29) is 0 Å². The highest BCUT2D eigenvalue weighted by atomic mass is 32.2. The van der Waals surface area contributed by atoms with Crippen LogP contribution in [-0.2, 0) is 11.3 Å². The largest absolute Gasteiger partial charge is 0.753 e. The van der Waals surface area contributed by atoms with Gasteiger partial charge in [0, 0.05) is 0 Å². The zero-order valence-electron chi connectivity index (χ0n) is 3.47. The second-order valence-electron chi connectivity index (χ2n) is 0.773. The van der Waals surface area contributed by atoms with Gasteiger partial charge in [-0.1, -0.05) is 0 Å². The normalized spacial score (nSPS) is 12.8. The summed E-state index contributed by atoms with van der Waals surface area (Å²) in [6, 6.07) is 0. The van der Waals surface area contributed by atoms with E-state index in [1.165, 1.54) is 0 Å². The van der Waals surface area contributed by atoms with Crippen LogP contribution in [0.1, 0.15) is 0 Å². The molecule has 0 heterocycles. The van der Waals surface area contributed by atoms with Gasteiger partial charge in [0.25, 0.3) is 0 Å². The maximum absolute atomic E-state index is 9.44. The van der Waals surface area contributed by atoms with Crippen LogP contribution in [0, 0.1) is 0 Å². The first-order chi connectivity index (χ1) is 3.55. The van der Waals surface area contributed by atoms with Gasteiger partial charge in [-0.05, 0) is 0 Å². The molecule has 8 heavy (non-hydrogen) atoms. The van der Waals surface area contributed by atoms with Crippen molar-refractivity contribution in [2.45, 2.75) is 0 Å². The molecule has 0 spiro atoms. The molecule has 48 valence electrons. The van der Waals surface area contributed by atoms with Crippen LogP contribution in [0.4, 0.5) is 4.79 Å². The molecule has 1 atom stereocenters. The summed E-state index contributed by atoms with van der Waals surface area (Å²) in [4.78, 5) is 9.42. The number of rotatable bonds is 1. The van der Waals surface area contributed by atoms with Gasteiger partial charge in [0.2, 0.25) is 0 Å². The maximum Gasteiger partial charge on any atom is 0.443 e. The first-order valence-corrected chi connectivity index (χ1v) is 2.40. The molecule has 0 rings (SSSR count). The van der Waals surface area contributed by atoms with Gasteiger partial charge in [-0.3, -0.25) is 5.21 Å². The first kappa shape index (κ1) is 7.34. The van der Waals surface area contributed by atoms with Gasteiger partial charge in [0.15, 0.2) is 0 Å². The summed E-state index contributed by atoms with van der Waals surface area (Å²) in [5.74, 6) is 0. The number of carbonyl (C=O) groups is 1. The summed E-state index contributed by atoms with van der Waals surface area (Å²) in [5, 5.41) is 15.5. The maximum atomic E-state index is 9.44. The lowest BCUT2D eigenvalue weighted by molar-refractivity contribution is 0.0124. The van der Waals surface area contributed by atoms with E-state index in [0.717, 1.165) is 0 Å². The van der Waals surface area contributed by atoms with Crippen molar-refractivity contribution in [1.29, 1.82) is 0 Å².